The maximum absolute atomic E-state index is 12.8. The number of hydrogen-bond acceptors (Lipinski definition) is 4. The highest BCUT2D eigenvalue weighted by molar-refractivity contribution is 6.30. The lowest BCUT2D eigenvalue weighted by atomic mass is 9.84. The lowest BCUT2D eigenvalue weighted by Gasteiger charge is -2.25. The largest absolute Gasteiger partial charge is 0.493 e. The van der Waals surface area contributed by atoms with Gasteiger partial charge in [-0.15, -0.1) is 0 Å². The van der Waals surface area contributed by atoms with Crippen LogP contribution >= 0.6 is 11.6 Å². The Morgan fingerprint density at radius 3 is 2.39 bits per heavy atom. The van der Waals surface area contributed by atoms with Crippen molar-refractivity contribution in [1.29, 1.82) is 0 Å². The van der Waals surface area contributed by atoms with Gasteiger partial charge in [-0.3, -0.25) is 4.79 Å². The summed E-state index contributed by atoms with van der Waals surface area (Å²) >= 11 is 6.14. The van der Waals surface area contributed by atoms with Crippen molar-refractivity contribution in [2.45, 2.75) is 12.3 Å². The lowest BCUT2D eigenvalue weighted by Crippen LogP contribution is -2.25. The van der Waals surface area contributed by atoms with Crippen LogP contribution in [-0.4, -0.2) is 29.9 Å². The summed E-state index contributed by atoms with van der Waals surface area (Å²) in [5, 5.41) is 8.66. The minimum atomic E-state index is -0.211. The highest BCUT2D eigenvalue weighted by atomic mass is 35.5. The summed E-state index contributed by atoms with van der Waals surface area (Å²) in [5.41, 5.74) is 4.49. The molecule has 1 atom stereocenters. The molecule has 1 aliphatic rings. The molecule has 0 aliphatic carbocycles. The molecule has 5 rings (SSSR count). The molecule has 0 saturated heterocycles. The van der Waals surface area contributed by atoms with Crippen molar-refractivity contribution in [2.75, 3.05) is 19.5 Å². The average Bonchev–Trinajstić information content (AvgIpc) is 3.23. The van der Waals surface area contributed by atoms with Gasteiger partial charge in [0.2, 0.25) is 5.91 Å². The molecule has 0 fully saturated rings. The number of carbonyl (C=O) groups is 1. The van der Waals surface area contributed by atoms with E-state index in [1.165, 1.54) is 0 Å². The first-order valence-corrected chi connectivity index (χ1v) is 10.9. The number of rotatable bonds is 5. The molecule has 3 aromatic carbocycles. The van der Waals surface area contributed by atoms with E-state index in [2.05, 4.69) is 5.32 Å². The van der Waals surface area contributed by atoms with Gasteiger partial charge in [0.15, 0.2) is 11.5 Å². The molecule has 0 saturated carbocycles. The highest BCUT2D eigenvalue weighted by Crippen LogP contribution is 2.45. The molecule has 4 aromatic rings. The Hall–Kier alpha value is -3.77. The third-order valence-electron chi connectivity index (χ3n) is 5.85. The standard InChI is InChI=1S/C26H22ClN3O3/c1-32-21-13-10-17(14-22(21)33-2)20-15-23(31)28-26-24(20)25(16-8-11-18(27)12-9-16)29-30(26)19-6-4-3-5-7-19/h3-14,20H,15H2,1-2H3,(H,28,31). The molecule has 0 radical (unpaired) electrons. The third kappa shape index (κ3) is 3.83. The molecule has 2 heterocycles. The smallest absolute Gasteiger partial charge is 0.226 e. The maximum atomic E-state index is 12.8. The van der Waals surface area contributed by atoms with E-state index in [1.807, 2.05) is 72.8 Å². The van der Waals surface area contributed by atoms with E-state index in [1.54, 1.807) is 18.9 Å². The van der Waals surface area contributed by atoms with Gasteiger partial charge in [0.1, 0.15) is 5.82 Å². The zero-order valence-electron chi connectivity index (χ0n) is 18.2. The Kier molecular flexibility index (Phi) is 5.52. The molecule has 33 heavy (non-hydrogen) atoms. The predicted octanol–water partition coefficient (Wildman–Crippen LogP) is 5.68. The summed E-state index contributed by atoms with van der Waals surface area (Å²) in [6.07, 6.45) is 0.295. The summed E-state index contributed by atoms with van der Waals surface area (Å²) in [6.45, 7) is 0. The number of methoxy groups -OCH3 is 2. The number of benzene rings is 3. The fraction of sp³-hybridized carbons (Fsp3) is 0.154. The number of fused-ring (bicyclic) bond motifs is 1. The second-order valence-electron chi connectivity index (χ2n) is 7.78. The molecule has 6 nitrogen and oxygen atoms in total. The minimum absolute atomic E-state index is 0.0676. The maximum Gasteiger partial charge on any atom is 0.226 e. The third-order valence-corrected chi connectivity index (χ3v) is 6.10. The second kappa shape index (κ2) is 8.64. The van der Waals surface area contributed by atoms with Gasteiger partial charge in [-0.1, -0.05) is 48.0 Å². The summed E-state index contributed by atoms with van der Waals surface area (Å²) in [4.78, 5) is 12.8. The van der Waals surface area contributed by atoms with E-state index < -0.39 is 0 Å². The minimum Gasteiger partial charge on any atom is -0.493 e. The van der Waals surface area contributed by atoms with E-state index >= 15 is 0 Å². The van der Waals surface area contributed by atoms with Gasteiger partial charge in [-0.2, -0.15) is 5.10 Å². The Labute approximate surface area is 196 Å². The number of nitrogens with zero attached hydrogens (tertiary/aromatic N) is 2. The normalized spacial score (nSPS) is 15.0. The fourth-order valence-electron chi connectivity index (χ4n) is 4.28. The first kappa shape index (κ1) is 21.1. The van der Waals surface area contributed by atoms with Crippen LogP contribution in [0, 0.1) is 0 Å². The van der Waals surface area contributed by atoms with E-state index in [0.29, 0.717) is 28.8 Å². The molecular weight excluding hydrogens is 438 g/mol. The van der Waals surface area contributed by atoms with E-state index in [9.17, 15) is 4.79 Å². The summed E-state index contributed by atoms with van der Waals surface area (Å²) in [5.74, 6) is 1.64. The van der Waals surface area contributed by atoms with E-state index in [0.717, 1.165) is 28.1 Å². The molecule has 1 aliphatic heterocycles. The number of amides is 1. The molecule has 7 heteroatoms. The Morgan fingerprint density at radius 1 is 0.970 bits per heavy atom. The van der Waals surface area contributed by atoms with E-state index in [4.69, 9.17) is 26.2 Å². The van der Waals surface area contributed by atoms with Crippen LogP contribution in [-0.2, 0) is 4.79 Å². The van der Waals surface area contributed by atoms with Crippen LogP contribution < -0.4 is 14.8 Å². The second-order valence-corrected chi connectivity index (χ2v) is 8.22. The first-order chi connectivity index (χ1) is 16.1. The Bertz CT molecular complexity index is 1320. The molecule has 166 valence electrons. The van der Waals surface area contributed by atoms with Gasteiger partial charge < -0.3 is 14.8 Å². The lowest BCUT2D eigenvalue weighted by molar-refractivity contribution is -0.116. The van der Waals surface area contributed by atoms with Gasteiger partial charge >= 0.3 is 0 Å². The molecule has 0 bridgehead atoms. The quantitative estimate of drug-likeness (QED) is 0.416. The number of nitrogens with one attached hydrogen (secondary N) is 1. The number of para-hydroxylation sites is 1. The van der Waals surface area contributed by atoms with Gasteiger partial charge in [0.05, 0.1) is 25.6 Å². The molecule has 1 amide bonds. The number of ether oxygens (including phenoxy) is 2. The Morgan fingerprint density at radius 2 is 1.70 bits per heavy atom. The van der Waals surface area contributed by atoms with Crippen LogP contribution in [0.4, 0.5) is 5.82 Å². The van der Waals surface area contributed by atoms with E-state index in [-0.39, 0.29) is 11.8 Å². The van der Waals surface area contributed by atoms with Crippen molar-refractivity contribution in [3.8, 4) is 28.4 Å². The summed E-state index contributed by atoms with van der Waals surface area (Å²) in [6, 6.07) is 23.1. The van der Waals surface area contributed by atoms with Crippen molar-refractivity contribution in [2.24, 2.45) is 0 Å². The van der Waals surface area contributed by atoms with Crippen LogP contribution in [0.2, 0.25) is 5.02 Å². The SMILES string of the molecule is COc1ccc(C2CC(=O)Nc3c2c(-c2ccc(Cl)cc2)nn3-c2ccccc2)cc1OC. The zero-order valence-corrected chi connectivity index (χ0v) is 19.0. The summed E-state index contributed by atoms with van der Waals surface area (Å²) < 4.78 is 12.7. The average molecular weight is 460 g/mol. The predicted molar refractivity (Wildman–Crippen MR) is 129 cm³/mol. The molecule has 0 spiro atoms. The molecule has 1 aromatic heterocycles. The van der Waals surface area contributed by atoms with Gasteiger partial charge in [-0.05, 0) is 42.0 Å². The van der Waals surface area contributed by atoms with Crippen LogP contribution in [0.5, 0.6) is 11.5 Å². The van der Waals surface area contributed by atoms with Gasteiger partial charge in [0.25, 0.3) is 0 Å². The number of anilines is 1. The van der Waals surface area contributed by atoms with Gasteiger partial charge in [-0.25, -0.2) is 4.68 Å². The van der Waals surface area contributed by atoms with Crippen molar-refractivity contribution >= 4 is 23.3 Å². The van der Waals surface area contributed by atoms with Crippen molar-refractivity contribution in [1.82, 2.24) is 9.78 Å². The summed E-state index contributed by atoms with van der Waals surface area (Å²) in [7, 11) is 3.21. The zero-order chi connectivity index (χ0) is 22.9. The molecular formula is C26H22ClN3O3. The number of hydrogen-bond donors (Lipinski definition) is 1. The number of carbonyl (C=O) groups excluding carboxylic acids is 1. The Balaban J connectivity index is 1.75. The molecule has 1 unspecified atom stereocenters. The van der Waals surface area contributed by atoms with Gasteiger partial charge in [0, 0.05) is 28.5 Å². The van der Waals surface area contributed by atoms with Crippen molar-refractivity contribution < 1.29 is 14.3 Å². The number of halogens is 1. The number of aromatic nitrogens is 2. The monoisotopic (exact) mass is 459 g/mol. The molecule has 1 N–H and O–H groups in total. The van der Waals surface area contributed by atoms with Crippen LogP contribution in [0.1, 0.15) is 23.5 Å². The fourth-order valence-corrected chi connectivity index (χ4v) is 4.41. The topological polar surface area (TPSA) is 65.4 Å². The van der Waals surface area contributed by atoms with Crippen LogP contribution in [0.25, 0.3) is 16.9 Å². The van der Waals surface area contributed by atoms with Crippen LogP contribution in [0.3, 0.4) is 0 Å². The van der Waals surface area contributed by atoms with Crippen molar-refractivity contribution in [3.63, 3.8) is 0 Å². The first-order valence-electron chi connectivity index (χ1n) is 10.5. The van der Waals surface area contributed by atoms with Crippen LogP contribution in [0.15, 0.2) is 72.8 Å². The highest BCUT2D eigenvalue weighted by Gasteiger charge is 2.34. The van der Waals surface area contributed by atoms with Crippen molar-refractivity contribution in [3.05, 3.63) is 88.9 Å².